The topological polar surface area (TPSA) is 12.0 Å². The molecular weight excluding hydrogens is 250 g/mol. The normalized spacial score (nSPS) is 12.6. The molecule has 17 heavy (non-hydrogen) atoms. The highest BCUT2D eigenvalue weighted by atomic mass is 35.5. The molecule has 0 bridgehead atoms. The Bertz CT molecular complexity index is 492. The molecule has 0 saturated heterocycles. The van der Waals surface area contributed by atoms with Crippen LogP contribution in [0.15, 0.2) is 36.4 Å². The number of hydrogen-bond acceptors (Lipinski definition) is 2. The minimum absolute atomic E-state index is 0.358. The number of aryl methyl sites for hydroxylation is 1. The fraction of sp³-hybridized carbons (Fsp3) is 0.286. The SMILES string of the molecule is Cc1ccccc1[C@@H](C)NCc1ccc(Cl)s1. The molecule has 2 rings (SSSR count). The zero-order valence-corrected chi connectivity index (χ0v) is 11.6. The van der Waals surface area contributed by atoms with Gasteiger partial charge in [0.25, 0.3) is 0 Å². The Morgan fingerprint density at radius 1 is 1.24 bits per heavy atom. The largest absolute Gasteiger partial charge is 0.305 e. The van der Waals surface area contributed by atoms with Crippen molar-refractivity contribution in [3.05, 3.63) is 56.7 Å². The molecule has 1 atom stereocenters. The highest BCUT2D eigenvalue weighted by Gasteiger charge is 2.07. The van der Waals surface area contributed by atoms with Crippen molar-refractivity contribution >= 4 is 22.9 Å². The van der Waals surface area contributed by atoms with Crippen LogP contribution in [0.4, 0.5) is 0 Å². The Kier molecular flexibility index (Phi) is 4.21. The van der Waals surface area contributed by atoms with Crippen LogP contribution in [0.2, 0.25) is 4.34 Å². The first-order valence-corrected chi connectivity index (χ1v) is 6.89. The third kappa shape index (κ3) is 3.32. The lowest BCUT2D eigenvalue weighted by molar-refractivity contribution is 0.576. The van der Waals surface area contributed by atoms with Gasteiger partial charge in [0.05, 0.1) is 4.34 Å². The Balaban J connectivity index is 1.98. The van der Waals surface area contributed by atoms with Crippen LogP contribution in [-0.4, -0.2) is 0 Å². The predicted molar refractivity (Wildman–Crippen MR) is 75.8 cm³/mol. The molecule has 1 aromatic heterocycles. The third-order valence-electron chi connectivity index (χ3n) is 2.87. The van der Waals surface area contributed by atoms with Crippen LogP contribution < -0.4 is 5.32 Å². The summed E-state index contributed by atoms with van der Waals surface area (Å²) >= 11 is 7.54. The fourth-order valence-corrected chi connectivity index (χ4v) is 2.92. The third-order valence-corrected chi connectivity index (χ3v) is 4.10. The van der Waals surface area contributed by atoms with Crippen LogP contribution in [0.25, 0.3) is 0 Å². The summed E-state index contributed by atoms with van der Waals surface area (Å²) in [6.45, 7) is 5.21. The van der Waals surface area contributed by atoms with E-state index in [-0.39, 0.29) is 0 Å². The standard InChI is InChI=1S/C14H16ClNS/c1-10-5-3-4-6-13(10)11(2)16-9-12-7-8-14(15)17-12/h3-8,11,16H,9H2,1-2H3/t11-/m1/s1. The van der Waals surface area contributed by atoms with Crippen molar-refractivity contribution in [2.75, 3.05) is 0 Å². The molecule has 0 aliphatic heterocycles. The van der Waals surface area contributed by atoms with E-state index in [1.165, 1.54) is 16.0 Å². The lowest BCUT2D eigenvalue weighted by Crippen LogP contribution is -2.18. The number of benzene rings is 1. The van der Waals surface area contributed by atoms with E-state index in [2.05, 4.69) is 49.5 Å². The number of thiophene rings is 1. The molecule has 1 nitrogen and oxygen atoms in total. The molecule has 2 aromatic rings. The van der Waals surface area contributed by atoms with Crippen molar-refractivity contribution in [2.24, 2.45) is 0 Å². The number of halogens is 1. The van der Waals surface area contributed by atoms with Crippen LogP contribution in [0.1, 0.15) is 29.0 Å². The van der Waals surface area contributed by atoms with Crippen LogP contribution in [0.3, 0.4) is 0 Å². The molecule has 1 aromatic carbocycles. The minimum Gasteiger partial charge on any atom is -0.305 e. The average Bonchev–Trinajstić information content (AvgIpc) is 2.73. The number of rotatable bonds is 4. The van der Waals surface area contributed by atoms with Gasteiger partial charge < -0.3 is 5.32 Å². The quantitative estimate of drug-likeness (QED) is 0.855. The van der Waals surface area contributed by atoms with E-state index < -0.39 is 0 Å². The van der Waals surface area contributed by atoms with Crippen LogP contribution in [-0.2, 0) is 6.54 Å². The Morgan fingerprint density at radius 2 is 2.00 bits per heavy atom. The summed E-state index contributed by atoms with van der Waals surface area (Å²) in [6.07, 6.45) is 0. The molecular formula is C14H16ClNS. The van der Waals surface area contributed by atoms with Crippen molar-refractivity contribution in [1.29, 1.82) is 0 Å². The van der Waals surface area contributed by atoms with E-state index in [9.17, 15) is 0 Å². The van der Waals surface area contributed by atoms with Gasteiger partial charge >= 0.3 is 0 Å². The average molecular weight is 266 g/mol. The monoisotopic (exact) mass is 265 g/mol. The van der Waals surface area contributed by atoms with Crippen molar-refractivity contribution in [3.63, 3.8) is 0 Å². The Morgan fingerprint density at radius 3 is 2.65 bits per heavy atom. The highest BCUT2D eigenvalue weighted by Crippen LogP contribution is 2.22. The number of nitrogens with one attached hydrogen (secondary N) is 1. The molecule has 0 unspecified atom stereocenters. The summed E-state index contributed by atoms with van der Waals surface area (Å²) in [6, 6.07) is 12.9. The smallest absolute Gasteiger partial charge is 0.0931 e. The van der Waals surface area contributed by atoms with Gasteiger partial charge in [0.1, 0.15) is 0 Å². The molecule has 0 saturated carbocycles. The second-order valence-electron chi connectivity index (χ2n) is 4.16. The van der Waals surface area contributed by atoms with E-state index in [1.54, 1.807) is 11.3 Å². The Labute approximate surface area is 111 Å². The maximum Gasteiger partial charge on any atom is 0.0931 e. The van der Waals surface area contributed by atoms with Gasteiger partial charge in [-0.3, -0.25) is 0 Å². The summed E-state index contributed by atoms with van der Waals surface area (Å²) in [5.41, 5.74) is 2.69. The molecule has 0 amide bonds. The van der Waals surface area contributed by atoms with Crippen molar-refractivity contribution < 1.29 is 0 Å². The molecule has 0 aliphatic carbocycles. The van der Waals surface area contributed by atoms with Crippen molar-refractivity contribution in [1.82, 2.24) is 5.32 Å². The van der Waals surface area contributed by atoms with Crippen LogP contribution in [0, 0.1) is 6.92 Å². The highest BCUT2D eigenvalue weighted by molar-refractivity contribution is 7.16. The van der Waals surface area contributed by atoms with E-state index >= 15 is 0 Å². The van der Waals surface area contributed by atoms with Gasteiger partial charge in [0.15, 0.2) is 0 Å². The fourth-order valence-electron chi connectivity index (χ4n) is 1.88. The first-order chi connectivity index (χ1) is 8.16. The van der Waals surface area contributed by atoms with Gasteiger partial charge in [-0.2, -0.15) is 0 Å². The van der Waals surface area contributed by atoms with E-state index in [1.807, 2.05) is 6.07 Å². The second kappa shape index (κ2) is 5.67. The maximum atomic E-state index is 5.91. The van der Waals surface area contributed by atoms with Crippen LogP contribution in [0.5, 0.6) is 0 Å². The van der Waals surface area contributed by atoms with Gasteiger partial charge in [-0.1, -0.05) is 35.9 Å². The second-order valence-corrected chi connectivity index (χ2v) is 5.96. The van der Waals surface area contributed by atoms with Gasteiger partial charge in [-0.25, -0.2) is 0 Å². The molecule has 1 N–H and O–H groups in total. The lowest BCUT2D eigenvalue weighted by Gasteiger charge is -2.15. The molecule has 0 radical (unpaired) electrons. The molecule has 3 heteroatoms. The summed E-state index contributed by atoms with van der Waals surface area (Å²) in [4.78, 5) is 1.27. The first kappa shape index (κ1) is 12.6. The summed E-state index contributed by atoms with van der Waals surface area (Å²) in [7, 11) is 0. The van der Waals surface area contributed by atoms with E-state index in [0.717, 1.165) is 10.9 Å². The van der Waals surface area contributed by atoms with Gasteiger partial charge in [0.2, 0.25) is 0 Å². The predicted octanol–water partition coefficient (Wildman–Crippen LogP) is 4.56. The first-order valence-electron chi connectivity index (χ1n) is 5.70. The lowest BCUT2D eigenvalue weighted by atomic mass is 10.0. The molecule has 90 valence electrons. The molecule has 0 aliphatic rings. The number of hydrogen-bond donors (Lipinski definition) is 1. The zero-order valence-electron chi connectivity index (χ0n) is 10.0. The summed E-state index contributed by atoms with van der Waals surface area (Å²) in [5, 5.41) is 3.52. The molecule has 1 heterocycles. The molecule has 0 fully saturated rings. The van der Waals surface area contributed by atoms with Crippen LogP contribution >= 0.6 is 22.9 Å². The van der Waals surface area contributed by atoms with E-state index in [4.69, 9.17) is 11.6 Å². The van der Waals surface area contributed by atoms with E-state index in [0.29, 0.717) is 6.04 Å². The minimum atomic E-state index is 0.358. The van der Waals surface area contributed by atoms with Gasteiger partial charge in [0, 0.05) is 17.5 Å². The van der Waals surface area contributed by atoms with Gasteiger partial charge in [-0.15, -0.1) is 11.3 Å². The zero-order chi connectivity index (χ0) is 12.3. The Hall–Kier alpha value is -0.830. The maximum absolute atomic E-state index is 5.91. The van der Waals surface area contributed by atoms with Crippen molar-refractivity contribution in [2.45, 2.75) is 26.4 Å². The molecule has 0 spiro atoms. The summed E-state index contributed by atoms with van der Waals surface area (Å²) < 4.78 is 0.852. The summed E-state index contributed by atoms with van der Waals surface area (Å²) in [5.74, 6) is 0. The van der Waals surface area contributed by atoms with Crippen molar-refractivity contribution in [3.8, 4) is 0 Å². The van der Waals surface area contributed by atoms with Gasteiger partial charge in [-0.05, 0) is 37.1 Å².